The summed E-state index contributed by atoms with van der Waals surface area (Å²) in [4.78, 5) is 18.9. The Hall–Kier alpha value is -1.35. The summed E-state index contributed by atoms with van der Waals surface area (Å²) >= 11 is 1.78. The standard InChI is InChI=1S/C22H34N4O2S2/c1-4-25(5-2)11-12-29-17-13-18-20(15-24-21(18)19(14-17)22(23)27)16-7-9-26(10-8-16)30(28)6-3/h13-16,24H,4-12H2,1-3H3,(H2,23,27). The van der Waals surface area contributed by atoms with Gasteiger partial charge in [-0.05, 0) is 49.5 Å². The smallest absolute Gasteiger partial charge is 0.250 e. The van der Waals surface area contributed by atoms with Crippen LogP contribution in [0.15, 0.2) is 23.2 Å². The lowest BCUT2D eigenvalue weighted by atomic mass is 9.89. The molecule has 0 radical (unpaired) electrons. The monoisotopic (exact) mass is 450 g/mol. The van der Waals surface area contributed by atoms with E-state index in [4.69, 9.17) is 5.73 Å². The van der Waals surface area contributed by atoms with Crippen LogP contribution in [-0.4, -0.2) is 68.5 Å². The Morgan fingerprint density at radius 3 is 2.57 bits per heavy atom. The number of carbonyl (C=O) groups excluding carboxylic acids is 1. The molecule has 8 heteroatoms. The van der Waals surface area contributed by atoms with Crippen molar-refractivity contribution in [3.05, 3.63) is 29.5 Å². The molecule has 166 valence electrons. The minimum absolute atomic E-state index is 0.396. The van der Waals surface area contributed by atoms with Crippen molar-refractivity contribution in [2.45, 2.75) is 44.4 Å². The van der Waals surface area contributed by atoms with Gasteiger partial charge in [-0.2, -0.15) is 0 Å². The summed E-state index contributed by atoms with van der Waals surface area (Å²) < 4.78 is 14.2. The van der Waals surface area contributed by atoms with Gasteiger partial charge in [0, 0.05) is 47.6 Å². The van der Waals surface area contributed by atoms with Crippen molar-refractivity contribution in [2.24, 2.45) is 5.73 Å². The number of piperidine rings is 1. The summed E-state index contributed by atoms with van der Waals surface area (Å²) in [7, 11) is -0.868. The summed E-state index contributed by atoms with van der Waals surface area (Å²) in [6.07, 6.45) is 3.99. The SMILES string of the molecule is CCN(CC)CCSc1cc(C(N)=O)c2[nH]cc(C3CCN(S(=O)CC)CC3)c2c1. The zero-order valence-electron chi connectivity index (χ0n) is 18.3. The summed E-state index contributed by atoms with van der Waals surface area (Å²) in [6, 6.07) is 4.13. The normalized spacial score (nSPS) is 17.1. The molecule has 1 unspecified atom stereocenters. The summed E-state index contributed by atoms with van der Waals surface area (Å²) in [5, 5.41) is 1.10. The molecular formula is C22H34N4O2S2. The third-order valence-electron chi connectivity index (χ3n) is 6.06. The first-order valence-corrected chi connectivity index (χ1v) is 13.2. The first-order chi connectivity index (χ1) is 14.5. The third kappa shape index (κ3) is 5.28. The second-order valence-electron chi connectivity index (χ2n) is 7.69. The van der Waals surface area contributed by atoms with Crippen LogP contribution in [0.3, 0.4) is 0 Å². The van der Waals surface area contributed by atoms with Crippen LogP contribution in [0.25, 0.3) is 10.9 Å². The molecule has 3 rings (SSSR count). The first kappa shape index (κ1) is 23.3. The highest BCUT2D eigenvalue weighted by molar-refractivity contribution is 7.99. The van der Waals surface area contributed by atoms with E-state index in [1.165, 1.54) is 5.56 Å². The zero-order valence-corrected chi connectivity index (χ0v) is 19.9. The van der Waals surface area contributed by atoms with Crippen LogP contribution in [0.1, 0.15) is 55.5 Å². The number of amides is 1. The Bertz CT molecular complexity index is 887. The number of hydrogen-bond acceptors (Lipinski definition) is 4. The number of nitrogens with two attached hydrogens (primary N) is 1. The highest BCUT2D eigenvalue weighted by Gasteiger charge is 2.26. The molecule has 1 amide bonds. The van der Waals surface area contributed by atoms with Gasteiger partial charge in [0.05, 0.1) is 22.1 Å². The number of carbonyl (C=O) groups is 1. The van der Waals surface area contributed by atoms with E-state index in [0.29, 0.717) is 17.2 Å². The van der Waals surface area contributed by atoms with Gasteiger partial charge in [0.1, 0.15) is 0 Å². The van der Waals surface area contributed by atoms with E-state index in [2.05, 4.69) is 34.1 Å². The summed E-state index contributed by atoms with van der Waals surface area (Å²) in [5.41, 5.74) is 8.36. The molecule has 0 aliphatic carbocycles. The van der Waals surface area contributed by atoms with Crippen molar-refractivity contribution in [1.29, 1.82) is 0 Å². The molecule has 1 fully saturated rings. The maximum atomic E-state index is 12.1. The van der Waals surface area contributed by atoms with E-state index in [9.17, 15) is 9.00 Å². The van der Waals surface area contributed by atoms with E-state index in [-0.39, 0.29) is 0 Å². The van der Waals surface area contributed by atoms with Crippen molar-refractivity contribution < 1.29 is 9.00 Å². The Morgan fingerprint density at radius 1 is 1.27 bits per heavy atom. The average Bonchev–Trinajstić information content (AvgIpc) is 3.19. The highest BCUT2D eigenvalue weighted by Crippen LogP contribution is 2.36. The Balaban J connectivity index is 1.82. The van der Waals surface area contributed by atoms with Crippen LogP contribution >= 0.6 is 11.8 Å². The predicted octanol–water partition coefficient (Wildman–Crippen LogP) is 3.56. The topological polar surface area (TPSA) is 82.4 Å². The molecule has 2 heterocycles. The Kier molecular flexibility index (Phi) is 8.39. The molecule has 1 atom stereocenters. The molecule has 6 nitrogen and oxygen atoms in total. The fourth-order valence-corrected chi connectivity index (χ4v) is 6.20. The van der Waals surface area contributed by atoms with Crippen molar-refractivity contribution in [3.63, 3.8) is 0 Å². The van der Waals surface area contributed by atoms with E-state index in [1.54, 1.807) is 11.8 Å². The Morgan fingerprint density at radius 2 is 1.97 bits per heavy atom. The number of primary amides is 1. The van der Waals surface area contributed by atoms with Crippen LogP contribution in [0.5, 0.6) is 0 Å². The predicted molar refractivity (Wildman–Crippen MR) is 128 cm³/mol. The fourth-order valence-electron chi connectivity index (χ4n) is 4.23. The van der Waals surface area contributed by atoms with E-state index >= 15 is 0 Å². The van der Waals surface area contributed by atoms with Gasteiger partial charge < -0.3 is 15.6 Å². The first-order valence-electron chi connectivity index (χ1n) is 10.9. The van der Waals surface area contributed by atoms with Crippen LogP contribution in [0.2, 0.25) is 0 Å². The van der Waals surface area contributed by atoms with Crippen molar-refractivity contribution in [3.8, 4) is 0 Å². The maximum Gasteiger partial charge on any atom is 0.250 e. The van der Waals surface area contributed by atoms with Crippen molar-refractivity contribution >= 4 is 39.6 Å². The molecule has 0 bridgehead atoms. The molecule has 1 saturated heterocycles. The van der Waals surface area contributed by atoms with Crippen molar-refractivity contribution in [1.82, 2.24) is 14.2 Å². The molecule has 2 aromatic rings. The zero-order chi connectivity index (χ0) is 21.7. The number of rotatable bonds is 10. The average molecular weight is 451 g/mol. The molecule has 1 aliphatic heterocycles. The third-order valence-corrected chi connectivity index (χ3v) is 8.45. The number of H-pyrrole nitrogens is 1. The Labute approximate surface area is 186 Å². The van der Waals surface area contributed by atoms with Crippen LogP contribution in [0.4, 0.5) is 0 Å². The molecule has 3 N–H and O–H groups in total. The minimum Gasteiger partial charge on any atom is -0.366 e. The molecule has 30 heavy (non-hydrogen) atoms. The van der Waals surface area contributed by atoms with Gasteiger partial charge in [-0.25, -0.2) is 8.51 Å². The van der Waals surface area contributed by atoms with Gasteiger partial charge >= 0.3 is 0 Å². The fraction of sp³-hybridized carbons (Fsp3) is 0.591. The second kappa shape index (κ2) is 10.8. The van der Waals surface area contributed by atoms with E-state index < -0.39 is 16.9 Å². The van der Waals surface area contributed by atoms with E-state index in [1.807, 2.05) is 19.2 Å². The number of aromatic amines is 1. The molecule has 1 aromatic heterocycles. The number of thioether (sulfide) groups is 1. The minimum atomic E-state index is -0.868. The lowest BCUT2D eigenvalue weighted by Crippen LogP contribution is -2.35. The lowest BCUT2D eigenvalue weighted by molar-refractivity contribution is 0.100. The lowest BCUT2D eigenvalue weighted by Gasteiger charge is -2.30. The number of benzene rings is 1. The van der Waals surface area contributed by atoms with Gasteiger partial charge in [0.15, 0.2) is 0 Å². The van der Waals surface area contributed by atoms with Gasteiger partial charge in [0.2, 0.25) is 0 Å². The summed E-state index contributed by atoms with van der Waals surface area (Å²) in [5.74, 6) is 1.66. The van der Waals surface area contributed by atoms with Crippen molar-refractivity contribution in [2.75, 3.05) is 44.2 Å². The molecule has 0 spiro atoms. The van der Waals surface area contributed by atoms with Gasteiger partial charge in [-0.15, -0.1) is 11.8 Å². The van der Waals surface area contributed by atoms with Gasteiger partial charge in [0.25, 0.3) is 5.91 Å². The van der Waals surface area contributed by atoms with Crippen LogP contribution < -0.4 is 5.73 Å². The van der Waals surface area contributed by atoms with Crippen LogP contribution in [-0.2, 0) is 11.0 Å². The van der Waals surface area contributed by atoms with E-state index in [0.717, 1.165) is 67.1 Å². The number of nitrogens with zero attached hydrogens (tertiary/aromatic N) is 2. The number of nitrogens with one attached hydrogen (secondary N) is 1. The van der Waals surface area contributed by atoms with Crippen LogP contribution in [0, 0.1) is 0 Å². The second-order valence-corrected chi connectivity index (χ2v) is 10.6. The largest absolute Gasteiger partial charge is 0.366 e. The molecule has 1 aliphatic rings. The number of hydrogen-bond donors (Lipinski definition) is 2. The number of fused-ring (bicyclic) bond motifs is 1. The molecular weight excluding hydrogens is 416 g/mol. The molecule has 0 saturated carbocycles. The summed E-state index contributed by atoms with van der Waals surface area (Å²) in [6.45, 7) is 11.1. The quantitative estimate of drug-likeness (QED) is 0.542. The number of aromatic nitrogens is 1. The molecule has 1 aromatic carbocycles. The van der Waals surface area contributed by atoms with Gasteiger partial charge in [-0.1, -0.05) is 20.8 Å². The maximum absolute atomic E-state index is 12.1. The van der Waals surface area contributed by atoms with Gasteiger partial charge in [-0.3, -0.25) is 4.79 Å². The highest BCUT2D eigenvalue weighted by atomic mass is 32.2.